The Hall–Kier alpha value is -0.300. The molecular formula is C20H29Hf-3. The quantitative estimate of drug-likeness (QED) is 0.296. The van der Waals surface area contributed by atoms with Crippen LogP contribution in [0.25, 0.3) is 10.8 Å². The minimum Gasteiger partial charge on any atom is -0.358 e. The standard InChI is InChI=1S/C18H23.2CH3.Hf/c1-2-3-4-5-7-14-10-11-17-12-15-8-6-9-16(15)13-18(14)17;;;/h10-13H,2-9H2,1H3;2*1H3;/q3*-1;. The van der Waals surface area contributed by atoms with Crippen LogP contribution in [0.1, 0.15) is 55.7 Å². The maximum Gasteiger partial charge on any atom is 0 e. The molecule has 0 fully saturated rings. The molecule has 0 aliphatic heterocycles. The summed E-state index contributed by atoms with van der Waals surface area (Å²) in [5, 5.41) is 3.01. The van der Waals surface area contributed by atoms with Gasteiger partial charge in [0.15, 0.2) is 0 Å². The average Bonchev–Trinajstić information content (AvgIpc) is 2.98. The van der Waals surface area contributed by atoms with Crippen LogP contribution in [0.4, 0.5) is 0 Å². The summed E-state index contributed by atoms with van der Waals surface area (Å²) in [7, 11) is 0. The van der Waals surface area contributed by atoms with Crippen molar-refractivity contribution < 1.29 is 25.8 Å². The molecule has 2 aromatic carbocycles. The van der Waals surface area contributed by atoms with E-state index in [0.29, 0.717) is 0 Å². The molecule has 3 rings (SSSR count). The van der Waals surface area contributed by atoms with E-state index in [0.717, 1.165) is 0 Å². The Kier molecular flexibility index (Phi) is 9.53. The minimum atomic E-state index is 0. The molecule has 0 nitrogen and oxygen atoms in total. The maximum atomic E-state index is 2.48. The van der Waals surface area contributed by atoms with Crippen LogP contribution in [0.5, 0.6) is 0 Å². The fourth-order valence-corrected chi connectivity index (χ4v) is 3.30. The summed E-state index contributed by atoms with van der Waals surface area (Å²) in [6, 6.07) is 9.59. The molecule has 0 spiro atoms. The molecule has 1 aliphatic rings. The molecule has 2 aromatic rings. The first-order valence-corrected chi connectivity index (χ1v) is 7.58. The second-order valence-corrected chi connectivity index (χ2v) is 5.73. The van der Waals surface area contributed by atoms with Crippen molar-refractivity contribution in [2.75, 3.05) is 0 Å². The van der Waals surface area contributed by atoms with Crippen molar-refractivity contribution in [1.82, 2.24) is 0 Å². The molecule has 0 heterocycles. The van der Waals surface area contributed by atoms with Gasteiger partial charge in [0.2, 0.25) is 0 Å². The summed E-state index contributed by atoms with van der Waals surface area (Å²) in [6.45, 7) is 2.28. The Balaban J connectivity index is 0.00000133. The van der Waals surface area contributed by atoms with Gasteiger partial charge in [0.25, 0.3) is 0 Å². The number of hydrogen-bond donors (Lipinski definition) is 0. The van der Waals surface area contributed by atoms with Crippen molar-refractivity contribution in [2.45, 2.75) is 58.3 Å². The molecular weight excluding hydrogens is 419 g/mol. The Bertz CT molecular complexity index is 536. The Morgan fingerprint density at radius 1 is 1.00 bits per heavy atom. The van der Waals surface area contributed by atoms with Gasteiger partial charge < -0.3 is 14.9 Å². The minimum absolute atomic E-state index is 0. The van der Waals surface area contributed by atoms with Gasteiger partial charge in [-0.2, -0.15) is 6.07 Å². The van der Waals surface area contributed by atoms with Crippen LogP contribution in [0.3, 0.4) is 0 Å². The van der Waals surface area contributed by atoms with Gasteiger partial charge in [-0.1, -0.05) is 50.2 Å². The van der Waals surface area contributed by atoms with Crippen LogP contribution in [0.15, 0.2) is 24.3 Å². The van der Waals surface area contributed by atoms with Crippen molar-refractivity contribution in [3.05, 3.63) is 55.8 Å². The average molecular weight is 448 g/mol. The predicted octanol–water partition coefficient (Wildman–Crippen LogP) is 6.07. The summed E-state index contributed by atoms with van der Waals surface area (Å²) < 4.78 is 0. The molecule has 0 radical (unpaired) electrons. The van der Waals surface area contributed by atoms with E-state index < -0.39 is 0 Å². The molecule has 1 heteroatoms. The second-order valence-electron chi connectivity index (χ2n) is 5.73. The van der Waals surface area contributed by atoms with Gasteiger partial charge in [-0.25, -0.2) is 0 Å². The molecule has 0 N–H and O–H groups in total. The summed E-state index contributed by atoms with van der Waals surface area (Å²) in [6.07, 6.45) is 10.7. The topological polar surface area (TPSA) is 0 Å². The molecule has 0 aromatic heterocycles. The van der Waals surface area contributed by atoms with E-state index in [1.807, 2.05) is 0 Å². The summed E-state index contributed by atoms with van der Waals surface area (Å²) in [5.74, 6) is 0. The van der Waals surface area contributed by atoms with Gasteiger partial charge in [0.1, 0.15) is 0 Å². The summed E-state index contributed by atoms with van der Waals surface area (Å²) >= 11 is 0. The van der Waals surface area contributed by atoms with Gasteiger partial charge in [0.05, 0.1) is 0 Å². The normalized spacial score (nSPS) is 12.2. The molecule has 0 amide bonds. The second kappa shape index (κ2) is 9.66. The number of aryl methyl sites for hydroxylation is 3. The number of unbranched alkanes of at least 4 members (excludes halogenated alkanes) is 3. The third-order valence-corrected chi connectivity index (χ3v) is 4.37. The fraction of sp³-hybridized carbons (Fsp3) is 0.450. The van der Waals surface area contributed by atoms with E-state index in [1.165, 1.54) is 62.1 Å². The largest absolute Gasteiger partial charge is 0.358 e. The van der Waals surface area contributed by atoms with Crippen molar-refractivity contribution >= 4 is 10.8 Å². The SMILES string of the molecule is CCCCCC[c-]1ccc2cc3c(cc21)CCC3.[CH3-].[CH3-].[Hf]. The predicted molar refractivity (Wildman–Crippen MR) is 92.2 cm³/mol. The Morgan fingerprint density at radius 2 is 1.71 bits per heavy atom. The Morgan fingerprint density at radius 3 is 2.43 bits per heavy atom. The Labute approximate surface area is 150 Å². The van der Waals surface area contributed by atoms with Crippen molar-refractivity contribution in [3.8, 4) is 0 Å². The van der Waals surface area contributed by atoms with Crippen molar-refractivity contribution in [3.63, 3.8) is 0 Å². The molecule has 21 heavy (non-hydrogen) atoms. The van der Waals surface area contributed by atoms with Crippen LogP contribution in [-0.2, 0) is 45.1 Å². The van der Waals surface area contributed by atoms with E-state index in [2.05, 4.69) is 31.2 Å². The monoisotopic (exact) mass is 449 g/mol. The zero-order valence-corrected chi connectivity index (χ0v) is 17.6. The van der Waals surface area contributed by atoms with Crippen molar-refractivity contribution in [2.24, 2.45) is 0 Å². The third-order valence-electron chi connectivity index (χ3n) is 4.37. The van der Waals surface area contributed by atoms with Crippen LogP contribution >= 0.6 is 0 Å². The molecule has 0 saturated heterocycles. The van der Waals surface area contributed by atoms with Crippen LogP contribution in [0, 0.1) is 14.9 Å². The number of fused-ring (bicyclic) bond motifs is 2. The first-order chi connectivity index (χ1) is 8.88. The third kappa shape index (κ3) is 4.58. The molecule has 1 aliphatic carbocycles. The van der Waals surface area contributed by atoms with E-state index in [9.17, 15) is 0 Å². The summed E-state index contributed by atoms with van der Waals surface area (Å²) in [5.41, 5.74) is 4.80. The molecule has 0 unspecified atom stereocenters. The van der Waals surface area contributed by atoms with Gasteiger partial charge in [-0.05, 0) is 19.3 Å². The van der Waals surface area contributed by atoms with E-state index in [4.69, 9.17) is 0 Å². The first-order valence-electron chi connectivity index (χ1n) is 7.58. The molecule has 0 bridgehead atoms. The van der Waals surface area contributed by atoms with Crippen LogP contribution in [-0.4, -0.2) is 0 Å². The van der Waals surface area contributed by atoms with Crippen molar-refractivity contribution in [1.29, 1.82) is 0 Å². The molecule has 0 atom stereocenters. The number of rotatable bonds is 5. The fourth-order valence-electron chi connectivity index (χ4n) is 3.30. The maximum absolute atomic E-state index is 2.48. The number of benzene rings is 1. The van der Waals surface area contributed by atoms with E-state index in [-0.39, 0.29) is 40.7 Å². The zero-order chi connectivity index (χ0) is 12.4. The van der Waals surface area contributed by atoms with Gasteiger partial charge in [-0.15, -0.1) is 34.5 Å². The van der Waals surface area contributed by atoms with Crippen LogP contribution in [0.2, 0.25) is 0 Å². The molecule has 116 valence electrons. The number of hydrogen-bond acceptors (Lipinski definition) is 0. The van der Waals surface area contributed by atoms with E-state index >= 15 is 0 Å². The zero-order valence-electron chi connectivity index (χ0n) is 14.0. The summed E-state index contributed by atoms with van der Waals surface area (Å²) in [4.78, 5) is 0. The molecule has 0 saturated carbocycles. The first kappa shape index (κ1) is 20.7. The van der Waals surface area contributed by atoms with Gasteiger partial charge in [0, 0.05) is 25.8 Å². The van der Waals surface area contributed by atoms with E-state index in [1.54, 1.807) is 16.7 Å². The smallest absolute Gasteiger partial charge is 0 e. The van der Waals surface area contributed by atoms with Gasteiger partial charge >= 0.3 is 0 Å². The van der Waals surface area contributed by atoms with Gasteiger partial charge in [-0.3, -0.25) is 0 Å². The van der Waals surface area contributed by atoms with Crippen LogP contribution < -0.4 is 0 Å².